The Morgan fingerprint density at radius 3 is 2.68 bits per heavy atom. The first-order chi connectivity index (χ1) is 9.33. The van der Waals surface area contributed by atoms with E-state index in [2.05, 4.69) is 5.32 Å². The first-order valence-corrected chi connectivity index (χ1v) is 6.08. The molecule has 0 bridgehead atoms. The maximum absolute atomic E-state index is 11.8. The molecule has 0 aromatic heterocycles. The van der Waals surface area contributed by atoms with Gasteiger partial charge in [0.25, 0.3) is 0 Å². The van der Waals surface area contributed by atoms with Gasteiger partial charge in [0.2, 0.25) is 0 Å². The molecule has 1 heterocycles. The third-order valence-corrected chi connectivity index (χ3v) is 2.95. The number of rotatable bonds is 2. The summed E-state index contributed by atoms with van der Waals surface area (Å²) in [6, 6.07) is 16.5. The second-order valence-electron chi connectivity index (χ2n) is 4.25. The predicted molar refractivity (Wildman–Crippen MR) is 70.3 cm³/mol. The topological polar surface area (TPSA) is 47.6 Å². The quantitative estimate of drug-likeness (QED) is 0.897. The van der Waals surface area contributed by atoms with Crippen molar-refractivity contribution in [1.29, 1.82) is 0 Å². The fourth-order valence-electron chi connectivity index (χ4n) is 2.05. The molecule has 1 N–H and O–H groups in total. The van der Waals surface area contributed by atoms with Crippen molar-refractivity contribution in [2.24, 2.45) is 0 Å². The van der Waals surface area contributed by atoms with Gasteiger partial charge < -0.3 is 14.8 Å². The van der Waals surface area contributed by atoms with Gasteiger partial charge in [0, 0.05) is 5.56 Å². The van der Waals surface area contributed by atoms with E-state index in [4.69, 9.17) is 9.47 Å². The first kappa shape index (κ1) is 11.6. The van der Waals surface area contributed by atoms with Crippen LogP contribution < -0.4 is 14.8 Å². The molecule has 19 heavy (non-hydrogen) atoms. The summed E-state index contributed by atoms with van der Waals surface area (Å²) in [5.41, 5.74) is 0.979. The zero-order valence-electron chi connectivity index (χ0n) is 10.2. The number of fused-ring (bicyclic) bond motifs is 1. The Bertz CT molecular complexity index is 583. The molecule has 0 saturated heterocycles. The van der Waals surface area contributed by atoms with Crippen LogP contribution in [0.15, 0.2) is 54.6 Å². The summed E-state index contributed by atoms with van der Waals surface area (Å²) in [5, 5.41) is 2.80. The van der Waals surface area contributed by atoms with Gasteiger partial charge in [-0.25, -0.2) is 4.79 Å². The van der Waals surface area contributed by atoms with E-state index in [-0.39, 0.29) is 6.04 Å². The fraction of sp³-hybridized carbons (Fsp3) is 0.133. The molecule has 4 nitrogen and oxygen atoms in total. The molecule has 0 spiro atoms. The highest BCUT2D eigenvalue weighted by Crippen LogP contribution is 2.31. The number of carbonyl (C=O) groups excluding carboxylic acids is 1. The molecule has 1 aliphatic heterocycles. The van der Waals surface area contributed by atoms with Gasteiger partial charge in [-0.1, -0.05) is 36.4 Å². The van der Waals surface area contributed by atoms with Crippen molar-refractivity contribution >= 4 is 6.09 Å². The van der Waals surface area contributed by atoms with Crippen LogP contribution in [0, 0.1) is 0 Å². The molecule has 1 amide bonds. The van der Waals surface area contributed by atoms with E-state index in [1.54, 1.807) is 12.1 Å². The number of ether oxygens (including phenoxy) is 2. The van der Waals surface area contributed by atoms with E-state index in [9.17, 15) is 4.79 Å². The van der Waals surface area contributed by atoms with Crippen molar-refractivity contribution in [3.8, 4) is 11.5 Å². The third-order valence-electron chi connectivity index (χ3n) is 2.95. The van der Waals surface area contributed by atoms with Crippen molar-refractivity contribution < 1.29 is 14.3 Å². The van der Waals surface area contributed by atoms with E-state index in [1.807, 2.05) is 42.5 Å². The van der Waals surface area contributed by atoms with Crippen LogP contribution in [-0.4, -0.2) is 12.7 Å². The summed E-state index contributed by atoms with van der Waals surface area (Å²) in [5.74, 6) is 1.33. The first-order valence-electron chi connectivity index (χ1n) is 6.08. The zero-order valence-corrected chi connectivity index (χ0v) is 10.2. The third kappa shape index (κ3) is 2.52. The number of nitrogens with one attached hydrogen (secondary N) is 1. The SMILES string of the molecule is O=C(NC1COc2ccccc21)Oc1ccccc1. The van der Waals surface area contributed by atoms with E-state index in [1.165, 1.54) is 0 Å². The molecule has 1 atom stereocenters. The van der Waals surface area contributed by atoms with Gasteiger partial charge >= 0.3 is 6.09 Å². The second kappa shape index (κ2) is 5.02. The molecule has 96 valence electrons. The average molecular weight is 255 g/mol. The molecular formula is C15H13NO3. The van der Waals surface area contributed by atoms with Crippen LogP contribution in [0.2, 0.25) is 0 Å². The van der Waals surface area contributed by atoms with Crippen LogP contribution in [0.5, 0.6) is 11.5 Å². The molecule has 2 aromatic rings. The van der Waals surface area contributed by atoms with Gasteiger partial charge in [-0.05, 0) is 18.2 Å². The molecular weight excluding hydrogens is 242 g/mol. The Labute approximate surface area is 111 Å². The molecule has 0 aliphatic carbocycles. The van der Waals surface area contributed by atoms with Crippen molar-refractivity contribution in [2.45, 2.75) is 6.04 Å². The predicted octanol–water partition coefficient (Wildman–Crippen LogP) is 2.91. The van der Waals surface area contributed by atoms with Crippen molar-refractivity contribution in [3.63, 3.8) is 0 Å². The Balaban J connectivity index is 1.65. The summed E-state index contributed by atoms with van der Waals surface area (Å²) in [4.78, 5) is 11.8. The summed E-state index contributed by atoms with van der Waals surface area (Å²) < 4.78 is 10.7. The molecule has 1 aliphatic rings. The van der Waals surface area contributed by atoms with Crippen molar-refractivity contribution in [1.82, 2.24) is 5.32 Å². The van der Waals surface area contributed by atoms with Crippen LogP contribution >= 0.6 is 0 Å². The smallest absolute Gasteiger partial charge is 0.413 e. The fourth-order valence-corrected chi connectivity index (χ4v) is 2.05. The highest BCUT2D eigenvalue weighted by Gasteiger charge is 2.25. The number of hydrogen-bond acceptors (Lipinski definition) is 3. The van der Waals surface area contributed by atoms with Gasteiger partial charge in [-0.3, -0.25) is 0 Å². The summed E-state index contributed by atoms with van der Waals surface area (Å²) in [7, 11) is 0. The van der Waals surface area contributed by atoms with Crippen LogP contribution in [0.3, 0.4) is 0 Å². The Morgan fingerprint density at radius 1 is 1.11 bits per heavy atom. The number of hydrogen-bond donors (Lipinski definition) is 1. The monoisotopic (exact) mass is 255 g/mol. The number of carbonyl (C=O) groups is 1. The summed E-state index contributed by atoms with van der Waals surface area (Å²) in [6.07, 6.45) is -0.475. The van der Waals surface area contributed by atoms with Crippen LogP contribution in [-0.2, 0) is 0 Å². The van der Waals surface area contributed by atoms with Gasteiger partial charge in [-0.2, -0.15) is 0 Å². The summed E-state index contributed by atoms with van der Waals surface area (Å²) in [6.45, 7) is 0.434. The molecule has 0 saturated carbocycles. The lowest BCUT2D eigenvalue weighted by Crippen LogP contribution is -2.31. The molecule has 3 rings (SSSR count). The highest BCUT2D eigenvalue weighted by atomic mass is 16.6. The number of amides is 1. The zero-order chi connectivity index (χ0) is 13.1. The number of benzene rings is 2. The maximum Gasteiger partial charge on any atom is 0.413 e. The van der Waals surface area contributed by atoms with Crippen LogP contribution in [0.25, 0.3) is 0 Å². The minimum atomic E-state index is -0.475. The lowest BCUT2D eigenvalue weighted by molar-refractivity contribution is 0.192. The Kier molecular flexibility index (Phi) is 3.06. The molecule has 4 heteroatoms. The second-order valence-corrected chi connectivity index (χ2v) is 4.25. The van der Waals surface area contributed by atoms with Crippen LogP contribution in [0.4, 0.5) is 4.79 Å². The lowest BCUT2D eigenvalue weighted by atomic mass is 10.1. The van der Waals surface area contributed by atoms with Gasteiger partial charge in [0.05, 0.1) is 6.04 Å². The van der Waals surface area contributed by atoms with Crippen molar-refractivity contribution in [3.05, 3.63) is 60.2 Å². The largest absolute Gasteiger partial charge is 0.491 e. The average Bonchev–Trinajstić information content (AvgIpc) is 2.83. The van der Waals surface area contributed by atoms with E-state index in [0.29, 0.717) is 12.4 Å². The summed E-state index contributed by atoms with van der Waals surface area (Å²) >= 11 is 0. The van der Waals surface area contributed by atoms with Crippen molar-refractivity contribution in [2.75, 3.05) is 6.61 Å². The Morgan fingerprint density at radius 2 is 1.84 bits per heavy atom. The van der Waals surface area contributed by atoms with Gasteiger partial charge in [-0.15, -0.1) is 0 Å². The van der Waals surface area contributed by atoms with E-state index in [0.717, 1.165) is 11.3 Å². The molecule has 1 unspecified atom stereocenters. The van der Waals surface area contributed by atoms with Gasteiger partial charge in [0.1, 0.15) is 18.1 Å². The molecule has 0 radical (unpaired) electrons. The molecule has 0 fully saturated rings. The van der Waals surface area contributed by atoms with Gasteiger partial charge in [0.15, 0.2) is 0 Å². The van der Waals surface area contributed by atoms with E-state index >= 15 is 0 Å². The maximum atomic E-state index is 11.8. The van der Waals surface area contributed by atoms with E-state index < -0.39 is 6.09 Å². The Hall–Kier alpha value is -2.49. The normalized spacial score (nSPS) is 16.3. The standard InChI is InChI=1S/C15H13NO3/c17-15(19-11-6-2-1-3-7-11)16-13-10-18-14-9-5-4-8-12(13)14/h1-9,13H,10H2,(H,16,17). The molecule has 2 aromatic carbocycles. The number of para-hydroxylation sites is 2. The minimum absolute atomic E-state index is 0.160. The van der Waals surface area contributed by atoms with Crippen LogP contribution in [0.1, 0.15) is 11.6 Å². The minimum Gasteiger partial charge on any atom is -0.491 e. The highest BCUT2D eigenvalue weighted by molar-refractivity contribution is 5.71. The lowest BCUT2D eigenvalue weighted by Gasteiger charge is -2.11.